The number of nitrogens with zero attached hydrogens (tertiary/aromatic N) is 7. The number of aromatic nitrogens is 7. The zero-order valence-corrected chi connectivity index (χ0v) is 47.6. The Morgan fingerprint density at radius 3 is 0.761 bits per heavy atom. The Kier molecular flexibility index (Phi) is 11.2. The van der Waals surface area contributed by atoms with Gasteiger partial charge >= 0.3 is 0 Å². The van der Waals surface area contributed by atoms with Crippen molar-refractivity contribution in [1.29, 1.82) is 0 Å². The fourth-order valence-electron chi connectivity index (χ4n) is 13.8. The number of hydrogen-bond acceptors (Lipinski definition) is 3. The largest absolute Gasteiger partial charge is 0.309 e. The smallest absolute Gasteiger partial charge is 0.164 e. The average molecular weight is 1120 g/mol. The molecule has 18 aromatic rings. The monoisotopic (exact) mass is 1120 g/mol. The summed E-state index contributed by atoms with van der Waals surface area (Å²) < 4.78 is 9.67. The van der Waals surface area contributed by atoms with Crippen LogP contribution in [0.5, 0.6) is 0 Å². The number of rotatable bonds is 9. The Bertz CT molecular complexity index is 5440. The lowest BCUT2D eigenvalue weighted by molar-refractivity contribution is 1.07. The quantitative estimate of drug-likeness (QED) is 0.145. The summed E-state index contributed by atoms with van der Waals surface area (Å²) in [6.07, 6.45) is 0. The second-order valence-electron chi connectivity index (χ2n) is 22.8. The van der Waals surface area contributed by atoms with Gasteiger partial charge < -0.3 is 18.3 Å². The molecule has 0 unspecified atom stereocenters. The second kappa shape index (κ2) is 19.8. The lowest BCUT2D eigenvalue weighted by Gasteiger charge is -2.16. The predicted octanol–water partition coefficient (Wildman–Crippen LogP) is 20.6. The maximum absolute atomic E-state index is 5.64. The van der Waals surface area contributed by atoms with Crippen molar-refractivity contribution in [3.8, 4) is 79.2 Å². The minimum atomic E-state index is 0.565. The fourth-order valence-corrected chi connectivity index (χ4v) is 13.8. The molecule has 5 heterocycles. The van der Waals surface area contributed by atoms with Crippen molar-refractivity contribution in [1.82, 2.24) is 33.2 Å². The fraction of sp³-hybridized carbons (Fsp3) is 0. The highest BCUT2D eigenvalue weighted by molar-refractivity contribution is 6.21. The summed E-state index contributed by atoms with van der Waals surface area (Å²) >= 11 is 0. The minimum Gasteiger partial charge on any atom is -0.309 e. The van der Waals surface area contributed by atoms with E-state index in [0.29, 0.717) is 17.5 Å². The van der Waals surface area contributed by atoms with Crippen LogP contribution in [-0.4, -0.2) is 33.2 Å². The molecule has 0 saturated carbocycles. The third kappa shape index (κ3) is 7.88. The molecule has 0 aliphatic heterocycles. The van der Waals surface area contributed by atoms with Crippen molar-refractivity contribution < 1.29 is 0 Å². The second-order valence-corrected chi connectivity index (χ2v) is 22.8. The van der Waals surface area contributed by atoms with Crippen molar-refractivity contribution in [2.75, 3.05) is 0 Å². The summed E-state index contributed by atoms with van der Waals surface area (Å²) in [6, 6.07) is 111. The average Bonchev–Trinajstić information content (AvgIpc) is 1.59. The van der Waals surface area contributed by atoms with Gasteiger partial charge in [0.2, 0.25) is 0 Å². The molecule has 410 valence electrons. The van der Waals surface area contributed by atoms with E-state index < -0.39 is 0 Å². The highest BCUT2D eigenvalue weighted by Gasteiger charge is 2.24. The molecule has 0 aliphatic carbocycles. The van der Waals surface area contributed by atoms with Gasteiger partial charge in [-0.2, -0.15) is 0 Å². The Balaban J connectivity index is 0.888. The summed E-state index contributed by atoms with van der Waals surface area (Å²) in [5, 5.41) is 9.57. The maximum Gasteiger partial charge on any atom is 0.164 e. The minimum absolute atomic E-state index is 0.565. The molecular weight excluding hydrogens is 1070 g/mol. The molecule has 13 aromatic carbocycles. The number of hydrogen-bond donors (Lipinski definition) is 0. The molecule has 0 fully saturated rings. The Morgan fingerprint density at radius 2 is 0.420 bits per heavy atom. The first-order chi connectivity index (χ1) is 43.6. The van der Waals surface area contributed by atoms with Gasteiger partial charge in [0, 0.05) is 82.5 Å². The van der Waals surface area contributed by atoms with E-state index in [-0.39, 0.29) is 0 Å². The Morgan fingerprint density at radius 1 is 0.159 bits per heavy atom. The van der Waals surface area contributed by atoms with Crippen LogP contribution < -0.4 is 0 Å². The first kappa shape index (κ1) is 49.5. The molecule has 0 N–H and O–H groups in total. The van der Waals surface area contributed by atoms with Crippen molar-refractivity contribution >= 4 is 87.2 Å². The molecule has 7 nitrogen and oxygen atoms in total. The molecule has 0 saturated heterocycles. The summed E-state index contributed by atoms with van der Waals surface area (Å²) in [6.45, 7) is 0. The van der Waals surface area contributed by atoms with Gasteiger partial charge in [0.15, 0.2) is 17.5 Å². The molecule has 0 spiro atoms. The Hall–Kier alpha value is -11.9. The SMILES string of the molecule is c1ccc(-c2cc(-c3nc(-c4ccccc4)nc(-c4cc(-c5ccccc5)cc(-n5c6ccccc6c6cc7c8ccccc8n(-c8ccccc8)c7cc65)c4)n3)cc(-n3c4ccccc4c4cc5c6ccccc6n(-c6ccccc6)c5cc43)c2)cc1. The standard InChI is InChI=1S/C81H51N7/c1-6-24-52(25-7-1)55-42-57(46-61(44-55)87-73-40-22-18-36-65(73)69-48-67-63-34-16-20-38-71(63)85(75(67)50-77(69)87)59-30-12-4-13-31-59)80-82-79(54-28-10-3-11-29-54)83-81(84-80)58-43-56(53-26-8-2-9-27-53)45-62(47-58)88-74-41-23-19-37-66(74)70-49-68-64-35-17-21-39-72(64)86(76(68)51-78(70)88)60-32-14-5-15-33-60/h1-51H. The number of para-hydroxylation sites is 6. The normalized spacial score (nSPS) is 11.9. The van der Waals surface area contributed by atoms with E-state index in [1.807, 2.05) is 18.2 Å². The Labute approximate surface area is 506 Å². The molecule has 0 bridgehead atoms. The molecule has 88 heavy (non-hydrogen) atoms. The molecular formula is C81H51N7. The van der Waals surface area contributed by atoms with Gasteiger partial charge in [-0.1, -0.05) is 200 Å². The van der Waals surface area contributed by atoms with Crippen molar-refractivity contribution in [2.24, 2.45) is 0 Å². The molecule has 0 radical (unpaired) electrons. The highest BCUT2D eigenvalue weighted by atomic mass is 15.1. The van der Waals surface area contributed by atoms with Gasteiger partial charge in [-0.15, -0.1) is 0 Å². The van der Waals surface area contributed by atoms with Crippen molar-refractivity contribution in [2.45, 2.75) is 0 Å². The molecule has 0 atom stereocenters. The molecule has 18 rings (SSSR count). The van der Waals surface area contributed by atoms with E-state index in [1.54, 1.807) is 0 Å². The van der Waals surface area contributed by atoms with Crippen molar-refractivity contribution in [3.05, 3.63) is 309 Å². The summed E-state index contributed by atoms with van der Waals surface area (Å²) in [5.74, 6) is 1.71. The summed E-state index contributed by atoms with van der Waals surface area (Å²) in [7, 11) is 0. The number of fused-ring (bicyclic) bond motifs is 12. The van der Waals surface area contributed by atoms with Gasteiger partial charge in [-0.3, -0.25) is 0 Å². The molecule has 5 aromatic heterocycles. The first-order valence-corrected chi connectivity index (χ1v) is 29.9. The van der Waals surface area contributed by atoms with Crippen LogP contribution in [0.3, 0.4) is 0 Å². The van der Waals surface area contributed by atoms with Crippen LogP contribution >= 0.6 is 0 Å². The summed E-state index contributed by atoms with van der Waals surface area (Å²) in [5.41, 5.74) is 20.1. The van der Waals surface area contributed by atoms with E-state index in [9.17, 15) is 0 Å². The zero-order valence-electron chi connectivity index (χ0n) is 47.6. The van der Waals surface area contributed by atoms with E-state index in [4.69, 9.17) is 15.0 Å². The van der Waals surface area contributed by atoms with E-state index in [1.165, 1.54) is 54.1 Å². The van der Waals surface area contributed by atoms with E-state index >= 15 is 0 Å². The zero-order chi connectivity index (χ0) is 57.8. The van der Waals surface area contributed by atoms with Gasteiger partial charge in [0.25, 0.3) is 0 Å². The van der Waals surface area contributed by atoms with E-state index in [0.717, 1.165) is 94.8 Å². The maximum atomic E-state index is 5.64. The van der Waals surface area contributed by atoms with Gasteiger partial charge in [-0.25, -0.2) is 15.0 Å². The van der Waals surface area contributed by atoms with Crippen LogP contribution in [0.2, 0.25) is 0 Å². The number of benzene rings is 13. The van der Waals surface area contributed by atoms with Crippen LogP contribution in [-0.2, 0) is 0 Å². The first-order valence-electron chi connectivity index (χ1n) is 29.9. The lowest BCUT2D eigenvalue weighted by atomic mass is 10.0. The van der Waals surface area contributed by atoms with Gasteiger partial charge in [-0.05, 0) is 131 Å². The third-order valence-electron chi connectivity index (χ3n) is 17.7. The van der Waals surface area contributed by atoms with Crippen LogP contribution in [0.1, 0.15) is 0 Å². The van der Waals surface area contributed by atoms with Crippen LogP contribution in [0.4, 0.5) is 0 Å². The predicted molar refractivity (Wildman–Crippen MR) is 364 cm³/mol. The molecule has 0 aliphatic rings. The van der Waals surface area contributed by atoms with E-state index in [2.05, 4.69) is 309 Å². The molecule has 7 heteroatoms. The van der Waals surface area contributed by atoms with Crippen LogP contribution in [0.25, 0.3) is 166 Å². The topological polar surface area (TPSA) is 58.4 Å². The highest BCUT2D eigenvalue weighted by Crippen LogP contribution is 2.44. The third-order valence-corrected chi connectivity index (χ3v) is 17.7. The van der Waals surface area contributed by atoms with Crippen LogP contribution in [0.15, 0.2) is 309 Å². The van der Waals surface area contributed by atoms with Gasteiger partial charge in [0.1, 0.15) is 0 Å². The summed E-state index contributed by atoms with van der Waals surface area (Å²) in [4.78, 5) is 16.6. The van der Waals surface area contributed by atoms with Crippen LogP contribution in [0, 0.1) is 0 Å². The van der Waals surface area contributed by atoms with Crippen molar-refractivity contribution in [3.63, 3.8) is 0 Å². The van der Waals surface area contributed by atoms with Gasteiger partial charge in [0.05, 0.1) is 44.1 Å². The molecule has 0 amide bonds. The lowest BCUT2D eigenvalue weighted by Crippen LogP contribution is -2.03.